The van der Waals surface area contributed by atoms with Crippen molar-refractivity contribution in [3.8, 4) is 11.5 Å². The summed E-state index contributed by atoms with van der Waals surface area (Å²) in [5, 5.41) is 18.2. The molecule has 2 N–H and O–H groups in total. The minimum absolute atomic E-state index is 0.0625. The van der Waals surface area contributed by atoms with Crippen molar-refractivity contribution < 1.29 is 24.5 Å². The average Bonchev–Trinajstić information content (AvgIpc) is 2.54. The number of ether oxygens (including phenoxy) is 2. The van der Waals surface area contributed by atoms with Gasteiger partial charge < -0.3 is 19.7 Å². The van der Waals surface area contributed by atoms with Crippen LogP contribution in [0, 0.1) is 3.57 Å². The Morgan fingerprint density at radius 3 is 2.39 bits per heavy atom. The number of rotatable bonds is 7. The Bertz CT molecular complexity index is 682. The number of carboxylic acid groups (broad SMARTS) is 1. The van der Waals surface area contributed by atoms with Crippen molar-refractivity contribution in [3.63, 3.8) is 0 Å². The van der Waals surface area contributed by atoms with Crippen LogP contribution < -0.4 is 9.47 Å². The highest BCUT2D eigenvalue weighted by molar-refractivity contribution is 14.1. The molecule has 2 aromatic rings. The van der Waals surface area contributed by atoms with Crippen LogP contribution in [0.2, 0.25) is 0 Å². The molecule has 5 nitrogen and oxygen atoms in total. The summed E-state index contributed by atoms with van der Waals surface area (Å²) in [7, 11) is 0. The van der Waals surface area contributed by atoms with E-state index in [0.717, 1.165) is 14.7 Å². The maximum Gasteiger partial charge on any atom is 0.335 e. The van der Waals surface area contributed by atoms with E-state index in [1.165, 1.54) is 0 Å². The number of halogens is 1. The molecular formula is C17H17IO5. The van der Waals surface area contributed by atoms with Gasteiger partial charge in [0.05, 0.1) is 22.3 Å². The van der Waals surface area contributed by atoms with Gasteiger partial charge in [-0.1, -0.05) is 12.1 Å². The van der Waals surface area contributed by atoms with Gasteiger partial charge in [0.15, 0.2) is 11.5 Å². The molecular weight excluding hydrogens is 411 g/mol. The molecule has 0 saturated carbocycles. The quantitative estimate of drug-likeness (QED) is 0.661. The molecule has 0 atom stereocenters. The Hall–Kier alpha value is -1.80. The number of carbonyl (C=O) groups is 1. The van der Waals surface area contributed by atoms with E-state index in [4.69, 9.17) is 14.6 Å². The number of aliphatic hydroxyl groups is 1. The third kappa shape index (κ3) is 4.59. The predicted octanol–water partition coefficient (Wildman–Crippen LogP) is 3.46. The number of benzene rings is 2. The Morgan fingerprint density at radius 2 is 1.83 bits per heavy atom. The van der Waals surface area contributed by atoms with Crippen LogP contribution in [0.1, 0.15) is 28.4 Å². The fraction of sp³-hybridized carbons (Fsp3) is 0.235. The highest BCUT2D eigenvalue weighted by atomic mass is 127. The molecule has 0 aliphatic rings. The van der Waals surface area contributed by atoms with Crippen molar-refractivity contribution in [2.45, 2.75) is 20.1 Å². The highest BCUT2D eigenvalue weighted by Crippen LogP contribution is 2.34. The Labute approximate surface area is 148 Å². The lowest BCUT2D eigenvalue weighted by molar-refractivity contribution is 0.0697. The van der Waals surface area contributed by atoms with Gasteiger partial charge in [-0.05, 0) is 64.9 Å². The van der Waals surface area contributed by atoms with E-state index >= 15 is 0 Å². The zero-order valence-electron chi connectivity index (χ0n) is 12.6. The average molecular weight is 428 g/mol. The third-order valence-corrected chi connectivity index (χ3v) is 3.94. The van der Waals surface area contributed by atoms with Crippen LogP contribution in [0.5, 0.6) is 11.5 Å². The van der Waals surface area contributed by atoms with Gasteiger partial charge in [0, 0.05) is 0 Å². The lowest BCUT2D eigenvalue weighted by Crippen LogP contribution is -2.03. The van der Waals surface area contributed by atoms with E-state index in [2.05, 4.69) is 22.6 Å². The molecule has 0 aliphatic carbocycles. The van der Waals surface area contributed by atoms with Crippen LogP contribution in [0.15, 0.2) is 36.4 Å². The number of hydrogen-bond acceptors (Lipinski definition) is 4. The van der Waals surface area contributed by atoms with E-state index in [9.17, 15) is 9.90 Å². The largest absolute Gasteiger partial charge is 0.490 e. The Balaban J connectivity index is 2.17. The van der Waals surface area contributed by atoms with Crippen LogP contribution in [-0.2, 0) is 13.2 Å². The first-order chi connectivity index (χ1) is 11.0. The topological polar surface area (TPSA) is 76.0 Å². The summed E-state index contributed by atoms with van der Waals surface area (Å²) in [5.74, 6) is 0.253. The summed E-state index contributed by atoms with van der Waals surface area (Å²) in [6.45, 7) is 2.61. The van der Waals surface area contributed by atoms with Crippen molar-refractivity contribution in [3.05, 3.63) is 56.7 Å². The van der Waals surface area contributed by atoms with Gasteiger partial charge in [-0.15, -0.1) is 0 Å². The lowest BCUT2D eigenvalue weighted by Gasteiger charge is -2.15. The Morgan fingerprint density at radius 1 is 1.13 bits per heavy atom. The van der Waals surface area contributed by atoms with Crippen molar-refractivity contribution >= 4 is 28.6 Å². The summed E-state index contributed by atoms with van der Waals surface area (Å²) in [5.41, 5.74) is 1.86. The number of aromatic carboxylic acids is 1. The zero-order chi connectivity index (χ0) is 16.8. The van der Waals surface area contributed by atoms with Gasteiger partial charge >= 0.3 is 5.97 Å². The molecule has 0 aromatic heterocycles. The van der Waals surface area contributed by atoms with Crippen molar-refractivity contribution in [2.75, 3.05) is 6.61 Å². The van der Waals surface area contributed by atoms with Crippen LogP contribution in [0.4, 0.5) is 0 Å². The summed E-state index contributed by atoms with van der Waals surface area (Å²) >= 11 is 2.14. The molecule has 0 unspecified atom stereocenters. The summed E-state index contributed by atoms with van der Waals surface area (Å²) in [6.07, 6.45) is 0. The molecule has 122 valence electrons. The molecule has 0 amide bonds. The monoisotopic (exact) mass is 428 g/mol. The van der Waals surface area contributed by atoms with E-state index in [-0.39, 0.29) is 12.2 Å². The van der Waals surface area contributed by atoms with Gasteiger partial charge in [0.2, 0.25) is 0 Å². The second kappa shape index (κ2) is 8.16. The zero-order valence-corrected chi connectivity index (χ0v) is 14.7. The first-order valence-corrected chi connectivity index (χ1v) is 8.14. The van der Waals surface area contributed by atoms with E-state index < -0.39 is 5.97 Å². The van der Waals surface area contributed by atoms with Crippen molar-refractivity contribution in [2.24, 2.45) is 0 Å². The normalized spacial score (nSPS) is 10.4. The molecule has 0 aliphatic heterocycles. The third-order valence-electron chi connectivity index (χ3n) is 3.14. The predicted molar refractivity (Wildman–Crippen MR) is 94.0 cm³/mol. The highest BCUT2D eigenvalue weighted by Gasteiger charge is 2.12. The molecule has 0 saturated heterocycles. The smallest absolute Gasteiger partial charge is 0.335 e. The second-order valence-corrected chi connectivity index (χ2v) is 5.95. The molecule has 0 heterocycles. The van der Waals surface area contributed by atoms with Crippen molar-refractivity contribution in [1.29, 1.82) is 0 Å². The minimum atomic E-state index is -0.953. The molecule has 0 radical (unpaired) electrons. The van der Waals surface area contributed by atoms with Gasteiger partial charge in [0.1, 0.15) is 6.61 Å². The maximum absolute atomic E-state index is 10.8. The van der Waals surface area contributed by atoms with Crippen LogP contribution >= 0.6 is 22.6 Å². The van der Waals surface area contributed by atoms with Gasteiger partial charge in [0.25, 0.3) is 0 Å². The number of carboxylic acids is 1. The minimum Gasteiger partial charge on any atom is -0.490 e. The maximum atomic E-state index is 10.8. The van der Waals surface area contributed by atoms with Crippen LogP contribution in [-0.4, -0.2) is 22.8 Å². The summed E-state index contributed by atoms with van der Waals surface area (Å²) in [4.78, 5) is 10.8. The van der Waals surface area contributed by atoms with Gasteiger partial charge in [-0.2, -0.15) is 0 Å². The van der Waals surface area contributed by atoms with Crippen LogP contribution in [0.25, 0.3) is 0 Å². The molecule has 23 heavy (non-hydrogen) atoms. The fourth-order valence-electron chi connectivity index (χ4n) is 2.01. The first-order valence-electron chi connectivity index (χ1n) is 7.06. The van der Waals surface area contributed by atoms with E-state index in [1.54, 1.807) is 30.3 Å². The van der Waals surface area contributed by atoms with Gasteiger partial charge in [-0.25, -0.2) is 4.79 Å². The van der Waals surface area contributed by atoms with E-state index in [0.29, 0.717) is 24.7 Å². The lowest BCUT2D eigenvalue weighted by atomic mass is 10.1. The van der Waals surface area contributed by atoms with E-state index in [1.807, 2.05) is 13.0 Å². The molecule has 0 fully saturated rings. The SMILES string of the molecule is CCOc1cc(CO)cc(I)c1OCc1ccc(C(=O)O)cc1. The standard InChI is InChI=1S/C17H17IO5/c1-2-22-15-8-12(9-19)7-14(18)16(15)23-10-11-3-5-13(6-4-11)17(20)21/h3-8,19H,2,9-10H2,1H3,(H,20,21). The first kappa shape index (κ1) is 17.6. The summed E-state index contributed by atoms with van der Waals surface area (Å²) in [6, 6.07) is 10.1. The van der Waals surface area contributed by atoms with Crippen LogP contribution in [0.3, 0.4) is 0 Å². The molecule has 6 heteroatoms. The fourth-order valence-corrected chi connectivity index (χ4v) is 2.84. The van der Waals surface area contributed by atoms with Crippen molar-refractivity contribution in [1.82, 2.24) is 0 Å². The molecule has 2 aromatic carbocycles. The number of hydrogen-bond donors (Lipinski definition) is 2. The molecule has 0 spiro atoms. The Kier molecular flexibility index (Phi) is 6.23. The molecule has 0 bridgehead atoms. The molecule has 2 rings (SSSR count). The number of aliphatic hydroxyl groups excluding tert-OH is 1. The van der Waals surface area contributed by atoms with Gasteiger partial charge in [-0.3, -0.25) is 0 Å². The summed E-state index contributed by atoms with van der Waals surface area (Å²) < 4.78 is 12.3. The second-order valence-electron chi connectivity index (χ2n) is 4.79.